The third-order valence-corrected chi connectivity index (χ3v) is 5.36. The standard InChI is InChI=1S/C23H18ClNO5/c1-13-4-6-14(7-5-13)21(27)19-20(15-8-9-18(26)17(24)11-15)25(23(29)22(19)28)12-16-3-2-10-30-16/h2-11,20,26-27H,12H2,1H3/b21-19-. The second-order valence-electron chi connectivity index (χ2n) is 7.08. The van der Waals surface area contributed by atoms with Crippen molar-refractivity contribution in [1.29, 1.82) is 0 Å². The molecule has 1 saturated heterocycles. The van der Waals surface area contributed by atoms with Gasteiger partial charge in [0.05, 0.1) is 29.4 Å². The Bertz CT molecular complexity index is 1150. The Hall–Kier alpha value is -3.51. The third-order valence-electron chi connectivity index (χ3n) is 5.06. The first kappa shape index (κ1) is 19.8. The summed E-state index contributed by atoms with van der Waals surface area (Å²) < 4.78 is 5.35. The van der Waals surface area contributed by atoms with Crippen LogP contribution in [0.5, 0.6) is 5.75 Å². The normalized spacial score (nSPS) is 18.2. The number of hydrogen-bond donors (Lipinski definition) is 2. The van der Waals surface area contributed by atoms with Crippen LogP contribution in [-0.4, -0.2) is 26.8 Å². The number of hydrogen-bond acceptors (Lipinski definition) is 5. The van der Waals surface area contributed by atoms with Crippen molar-refractivity contribution in [3.63, 3.8) is 0 Å². The predicted octanol–water partition coefficient (Wildman–Crippen LogP) is 4.57. The lowest BCUT2D eigenvalue weighted by Crippen LogP contribution is -2.29. The molecule has 152 valence electrons. The molecule has 0 spiro atoms. The van der Waals surface area contributed by atoms with Crippen molar-refractivity contribution in [2.75, 3.05) is 0 Å². The highest BCUT2D eigenvalue weighted by molar-refractivity contribution is 6.46. The molecule has 30 heavy (non-hydrogen) atoms. The van der Waals surface area contributed by atoms with E-state index in [-0.39, 0.29) is 28.6 Å². The molecule has 6 nitrogen and oxygen atoms in total. The number of aromatic hydroxyl groups is 1. The molecule has 0 bridgehead atoms. The molecule has 0 saturated carbocycles. The van der Waals surface area contributed by atoms with Gasteiger partial charge in [-0.3, -0.25) is 9.59 Å². The molecule has 4 rings (SSSR count). The molecule has 1 aliphatic rings. The number of carbonyl (C=O) groups is 2. The van der Waals surface area contributed by atoms with Gasteiger partial charge in [0.25, 0.3) is 11.7 Å². The summed E-state index contributed by atoms with van der Waals surface area (Å²) in [6.07, 6.45) is 1.48. The first-order valence-electron chi connectivity index (χ1n) is 9.23. The van der Waals surface area contributed by atoms with Gasteiger partial charge < -0.3 is 19.5 Å². The van der Waals surface area contributed by atoms with Gasteiger partial charge in [0, 0.05) is 5.56 Å². The zero-order valence-electron chi connectivity index (χ0n) is 16.0. The molecular weight excluding hydrogens is 406 g/mol. The number of aliphatic hydroxyl groups is 1. The molecule has 1 atom stereocenters. The fraction of sp³-hybridized carbons (Fsp3) is 0.130. The zero-order chi connectivity index (χ0) is 21.4. The SMILES string of the molecule is Cc1ccc(/C(O)=C2/C(=O)C(=O)N(Cc3ccco3)C2c2ccc(O)c(Cl)c2)cc1. The van der Waals surface area contributed by atoms with Gasteiger partial charge >= 0.3 is 0 Å². The number of phenols is 1. The number of likely N-dealkylation sites (tertiary alicyclic amines) is 1. The number of halogens is 1. The number of Topliss-reactive ketones (excluding diaryl/α,β-unsaturated/α-hetero) is 1. The average molecular weight is 424 g/mol. The Morgan fingerprint density at radius 1 is 1.13 bits per heavy atom. The second-order valence-corrected chi connectivity index (χ2v) is 7.49. The Labute approximate surface area is 177 Å². The summed E-state index contributed by atoms with van der Waals surface area (Å²) in [5.41, 5.74) is 1.85. The molecule has 2 N–H and O–H groups in total. The van der Waals surface area contributed by atoms with E-state index < -0.39 is 17.7 Å². The van der Waals surface area contributed by atoms with Gasteiger partial charge in [0.2, 0.25) is 0 Å². The summed E-state index contributed by atoms with van der Waals surface area (Å²) in [5, 5.41) is 20.8. The van der Waals surface area contributed by atoms with E-state index in [9.17, 15) is 19.8 Å². The monoisotopic (exact) mass is 423 g/mol. The maximum absolute atomic E-state index is 12.9. The highest BCUT2D eigenvalue weighted by Gasteiger charge is 2.46. The summed E-state index contributed by atoms with van der Waals surface area (Å²) in [6.45, 7) is 1.94. The van der Waals surface area contributed by atoms with Crippen LogP contribution in [0.2, 0.25) is 5.02 Å². The molecule has 0 radical (unpaired) electrons. The van der Waals surface area contributed by atoms with E-state index in [4.69, 9.17) is 16.0 Å². The van der Waals surface area contributed by atoms with Crippen LogP contribution in [0.4, 0.5) is 0 Å². The number of aliphatic hydroxyl groups excluding tert-OH is 1. The molecule has 0 aliphatic carbocycles. The molecule has 1 aliphatic heterocycles. The molecule has 1 fully saturated rings. The third kappa shape index (κ3) is 3.46. The van der Waals surface area contributed by atoms with E-state index in [0.29, 0.717) is 16.9 Å². The molecule has 3 aromatic rings. The van der Waals surface area contributed by atoms with Gasteiger partial charge in [-0.25, -0.2) is 0 Å². The fourth-order valence-electron chi connectivity index (χ4n) is 3.52. The van der Waals surface area contributed by atoms with E-state index in [1.54, 1.807) is 42.5 Å². The van der Waals surface area contributed by atoms with Gasteiger partial charge in [-0.2, -0.15) is 0 Å². The minimum Gasteiger partial charge on any atom is -0.507 e. The van der Waals surface area contributed by atoms with Crippen LogP contribution in [0.1, 0.15) is 28.5 Å². The first-order chi connectivity index (χ1) is 14.4. The van der Waals surface area contributed by atoms with Crippen molar-refractivity contribution in [1.82, 2.24) is 4.90 Å². The van der Waals surface area contributed by atoms with Crippen LogP contribution in [-0.2, 0) is 16.1 Å². The minimum absolute atomic E-state index is 0.0331. The lowest BCUT2D eigenvalue weighted by Gasteiger charge is -2.24. The molecule has 1 unspecified atom stereocenters. The summed E-state index contributed by atoms with van der Waals surface area (Å²) in [7, 11) is 0. The van der Waals surface area contributed by atoms with Crippen molar-refractivity contribution in [2.24, 2.45) is 0 Å². The maximum Gasteiger partial charge on any atom is 0.296 e. The average Bonchev–Trinajstić information content (AvgIpc) is 3.33. The minimum atomic E-state index is -0.894. The van der Waals surface area contributed by atoms with Crippen molar-refractivity contribution in [3.05, 3.63) is 93.9 Å². The predicted molar refractivity (Wildman–Crippen MR) is 111 cm³/mol. The maximum atomic E-state index is 12.9. The smallest absolute Gasteiger partial charge is 0.296 e. The number of amides is 1. The van der Waals surface area contributed by atoms with Crippen molar-refractivity contribution in [2.45, 2.75) is 19.5 Å². The molecular formula is C23H18ClNO5. The van der Waals surface area contributed by atoms with Gasteiger partial charge in [0.1, 0.15) is 17.3 Å². The topological polar surface area (TPSA) is 91.0 Å². The summed E-state index contributed by atoms with van der Waals surface area (Å²) >= 11 is 6.08. The van der Waals surface area contributed by atoms with E-state index in [1.807, 2.05) is 6.92 Å². The Morgan fingerprint density at radius 3 is 2.50 bits per heavy atom. The Balaban J connectivity index is 1.88. The van der Waals surface area contributed by atoms with Crippen LogP contribution in [0, 0.1) is 6.92 Å². The van der Waals surface area contributed by atoms with Crippen molar-refractivity contribution < 1.29 is 24.2 Å². The van der Waals surface area contributed by atoms with Gasteiger partial charge in [0.15, 0.2) is 0 Å². The number of phenolic OH excluding ortho intramolecular Hbond substituents is 1. The molecule has 7 heteroatoms. The van der Waals surface area contributed by atoms with Crippen LogP contribution in [0.3, 0.4) is 0 Å². The Kier molecular flexibility index (Phi) is 5.10. The molecule has 1 amide bonds. The number of aryl methyl sites for hydroxylation is 1. The van der Waals surface area contributed by atoms with E-state index in [1.165, 1.54) is 23.3 Å². The van der Waals surface area contributed by atoms with Crippen molar-refractivity contribution >= 4 is 29.1 Å². The quantitative estimate of drug-likeness (QED) is 0.364. The van der Waals surface area contributed by atoms with E-state index >= 15 is 0 Å². The highest BCUT2D eigenvalue weighted by atomic mass is 35.5. The molecule has 2 aromatic carbocycles. The first-order valence-corrected chi connectivity index (χ1v) is 9.61. The van der Waals surface area contributed by atoms with Crippen LogP contribution in [0.25, 0.3) is 5.76 Å². The molecule has 2 heterocycles. The largest absolute Gasteiger partial charge is 0.507 e. The summed E-state index contributed by atoms with van der Waals surface area (Å²) in [4.78, 5) is 27.1. The number of furan rings is 1. The summed E-state index contributed by atoms with van der Waals surface area (Å²) in [5.74, 6) is -1.46. The number of nitrogens with zero attached hydrogens (tertiary/aromatic N) is 1. The number of ketones is 1. The number of benzene rings is 2. The number of carbonyl (C=O) groups excluding carboxylic acids is 2. The van der Waals surface area contributed by atoms with Crippen LogP contribution >= 0.6 is 11.6 Å². The zero-order valence-corrected chi connectivity index (χ0v) is 16.8. The fourth-order valence-corrected chi connectivity index (χ4v) is 3.71. The lowest BCUT2D eigenvalue weighted by atomic mass is 9.95. The van der Waals surface area contributed by atoms with Crippen LogP contribution < -0.4 is 0 Å². The number of rotatable bonds is 4. The van der Waals surface area contributed by atoms with Crippen molar-refractivity contribution in [3.8, 4) is 5.75 Å². The van der Waals surface area contributed by atoms with Gasteiger partial charge in [-0.1, -0.05) is 47.5 Å². The van der Waals surface area contributed by atoms with E-state index in [0.717, 1.165) is 5.56 Å². The highest BCUT2D eigenvalue weighted by Crippen LogP contribution is 2.41. The molecule has 1 aromatic heterocycles. The van der Waals surface area contributed by atoms with Gasteiger partial charge in [-0.05, 0) is 36.8 Å². The second kappa shape index (κ2) is 7.72. The summed E-state index contributed by atoms with van der Waals surface area (Å²) in [6, 6.07) is 13.9. The lowest BCUT2D eigenvalue weighted by molar-refractivity contribution is -0.140. The van der Waals surface area contributed by atoms with Crippen LogP contribution in [0.15, 0.2) is 70.9 Å². The van der Waals surface area contributed by atoms with E-state index in [2.05, 4.69) is 0 Å². The van der Waals surface area contributed by atoms with Gasteiger partial charge in [-0.15, -0.1) is 0 Å². The Morgan fingerprint density at radius 2 is 1.87 bits per heavy atom.